The van der Waals surface area contributed by atoms with E-state index in [1.165, 1.54) is 0 Å². The van der Waals surface area contributed by atoms with Crippen molar-refractivity contribution in [3.05, 3.63) is 18.2 Å². The van der Waals surface area contributed by atoms with Gasteiger partial charge in [0.2, 0.25) is 0 Å². The third kappa shape index (κ3) is 3.03. The van der Waals surface area contributed by atoms with Crippen LogP contribution in [0.4, 0.5) is 11.4 Å². The third-order valence-electron chi connectivity index (χ3n) is 3.87. The Morgan fingerprint density at radius 2 is 2.43 bits per heavy atom. The molecule has 7 heteroatoms. The molecule has 3 rings (SSSR count). The number of esters is 1. The van der Waals surface area contributed by atoms with Gasteiger partial charge >= 0.3 is 5.97 Å². The molecule has 1 aliphatic heterocycles. The number of anilines is 2. The van der Waals surface area contributed by atoms with E-state index in [2.05, 4.69) is 25.5 Å². The van der Waals surface area contributed by atoms with E-state index in [0.29, 0.717) is 6.61 Å². The molecule has 1 aromatic rings. The molecule has 3 unspecified atom stereocenters. The van der Waals surface area contributed by atoms with Crippen molar-refractivity contribution in [2.75, 3.05) is 23.2 Å². The number of nitrogens with zero attached hydrogens (tertiary/aromatic N) is 1. The summed E-state index contributed by atoms with van der Waals surface area (Å²) in [6.45, 7) is 3.03. The number of ether oxygens (including phenoxy) is 2. The predicted octanol–water partition coefficient (Wildman–Crippen LogP) is 3.03. The van der Waals surface area contributed by atoms with Crippen LogP contribution in [0.25, 0.3) is 0 Å². The summed E-state index contributed by atoms with van der Waals surface area (Å²) in [5.41, 5.74) is 7.57. The van der Waals surface area contributed by atoms with Crippen LogP contribution in [0.3, 0.4) is 0 Å². The number of carbonyl (C=O) groups excluding carboxylic acids is 1. The van der Waals surface area contributed by atoms with Crippen molar-refractivity contribution in [2.45, 2.75) is 19.4 Å². The van der Waals surface area contributed by atoms with Crippen molar-refractivity contribution in [2.24, 2.45) is 11.8 Å². The summed E-state index contributed by atoms with van der Waals surface area (Å²) in [7, 11) is 1.62. The van der Waals surface area contributed by atoms with Gasteiger partial charge in [0.05, 0.1) is 24.8 Å². The highest BCUT2D eigenvalue weighted by Gasteiger charge is 2.51. The summed E-state index contributed by atoms with van der Waals surface area (Å²) in [5.74, 6) is 0.981. The first-order valence-corrected chi connectivity index (χ1v) is 10.2. The van der Waals surface area contributed by atoms with Crippen LogP contribution in [0.5, 0.6) is 5.75 Å². The molecule has 0 spiro atoms. The topological polar surface area (TPSA) is 64.8 Å². The molecule has 21 heavy (non-hydrogen) atoms. The second-order valence-electron chi connectivity index (χ2n) is 5.27. The van der Waals surface area contributed by atoms with Crippen LogP contribution in [-0.4, -0.2) is 25.2 Å². The van der Waals surface area contributed by atoms with E-state index in [0.717, 1.165) is 30.1 Å². The summed E-state index contributed by atoms with van der Waals surface area (Å²) in [5, 5.41) is 0. The van der Waals surface area contributed by atoms with Crippen molar-refractivity contribution in [1.82, 2.24) is 0 Å². The molecule has 2 N–H and O–H groups in total. The molecule has 1 aromatic carbocycles. The fourth-order valence-electron chi connectivity index (χ4n) is 2.73. The monoisotopic (exact) mass is 420 g/mol. The molecule has 3 atom stereocenters. The van der Waals surface area contributed by atoms with Crippen molar-refractivity contribution in [3.63, 3.8) is 0 Å². The predicted molar refractivity (Wildman–Crippen MR) is 92.5 cm³/mol. The summed E-state index contributed by atoms with van der Waals surface area (Å²) in [6.07, 6.45) is 0.880. The number of benzene rings is 1. The van der Waals surface area contributed by atoms with Gasteiger partial charge in [-0.1, -0.05) is 0 Å². The lowest BCUT2D eigenvalue weighted by Crippen LogP contribution is -2.38. The van der Waals surface area contributed by atoms with Crippen LogP contribution in [0, 0.1) is 11.8 Å². The molecule has 0 radical (unpaired) electrons. The maximum absolute atomic E-state index is 11.8. The van der Waals surface area contributed by atoms with Gasteiger partial charge in [-0.15, -0.1) is 0 Å². The average molecular weight is 420 g/mol. The minimum Gasteiger partial charge on any atom is -0.486 e. The van der Waals surface area contributed by atoms with Crippen LogP contribution >= 0.6 is 30.3 Å². The fraction of sp³-hybridized carbons (Fsp3) is 0.500. The standard InChI is InChI=1S/C14H17IN2O3S/c1-2-19-14(18)10-6-9(10)13-7-17(21-15)11-5-8(16)3-4-12(11)20-13/h3-5,9-10,13H,2,6-7,16H2,1H3. The van der Waals surface area contributed by atoms with Gasteiger partial charge in [-0.2, -0.15) is 0 Å². The summed E-state index contributed by atoms with van der Waals surface area (Å²) >= 11 is 2.26. The largest absolute Gasteiger partial charge is 0.486 e. The zero-order chi connectivity index (χ0) is 15.0. The van der Waals surface area contributed by atoms with Gasteiger partial charge in [0.25, 0.3) is 0 Å². The molecule has 5 nitrogen and oxygen atoms in total. The number of rotatable bonds is 4. The highest BCUT2D eigenvalue weighted by Crippen LogP contribution is 2.48. The number of halogens is 1. The lowest BCUT2D eigenvalue weighted by Gasteiger charge is -2.34. The average Bonchev–Trinajstić information content (AvgIpc) is 3.27. The maximum atomic E-state index is 11.8. The van der Waals surface area contributed by atoms with Gasteiger partial charge in [-0.25, -0.2) is 0 Å². The Labute approximate surface area is 140 Å². The molecule has 1 heterocycles. The summed E-state index contributed by atoms with van der Waals surface area (Å²) in [4.78, 5) is 11.8. The smallest absolute Gasteiger partial charge is 0.309 e. The lowest BCUT2D eigenvalue weighted by molar-refractivity contribution is -0.145. The Balaban J connectivity index is 1.73. The first-order valence-electron chi connectivity index (χ1n) is 6.93. The first kappa shape index (κ1) is 15.1. The van der Waals surface area contributed by atoms with Crippen molar-refractivity contribution < 1.29 is 14.3 Å². The molecule has 0 aromatic heterocycles. The number of fused-ring (bicyclic) bond motifs is 1. The summed E-state index contributed by atoms with van der Waals surface area (Å²) in [6, 6.07) is 5.67. The molecule has 1 saturated carbocycles. The Hall–Kier alpha value is -0.830. The zero-order valence-electron chi connectivity index (χ0n) is 11.6. The molecule has 0 bridgehead atoms. The third-order valence-corrected chi connectivity index (χ3v) is 5.80. The molecular formula is C14H17IN2O3S. The molecule has 1 aliphatic carbocycles. The molecule has 0 saturated heterocycles. The van der Waals surface area contributed by atoms with Crippen LogP contribution in [-0.2, 0) is 9.53 Å². The van der Waals surface area contributed by atoms with Gasteiger partial charge in [-0.05, 0) is 31.5 Å². The number of hydrogen-bond donors (Lipinski definition) is 1. The number of nitrogen functional groups attached to an aromatic ring is 1. The van der Waals surface area contributed by atoms with E-state index in [1.807, 2.05) is 25.1 Å². The van der Waals surface area contributed by atoms with Crippen LogP contribution in [0.2, 0.25) is 0 Å². The molecule has 2 aliphatic rings. The van der Waals surface area contributed by atoms with Crippen LogP contribution in [0.1, 0.15) is 13.3 Å². The second-order valence-corrected chi connectivity index (χ2v) is 7.03. The number of nitrogens with two attached hydrogens (primary N) is 1. The second kappa shape index (κ2) is 6.12. The Bertz CT molecular complexity index is 557. The van der Waals surface area contributed by atoms with Gasteiger partial charge < -0.3 is 19.5 Å². The SMILES string of the molecule is CCOC(=O)C1CC1C1CN(SI)c2cc(N)ccc2O1. The summed E-state index contributed by atoms with van der Waals surface area (Å²) < 4.78 is 13.3. The number of carbonyl (C=O) groups is 1. The van der Waals surface area contributed by atoms with Gasteiger partial charge in [-0.3, -0.25) is 4.79 Å². The van der Waals surface area contributed by atoms with Crippen molar-refractivity contribution in [3.8, 4) is 5.75 Å². The van der Waals surface area contributed by atoms with Crippen molar-refractivity contribution >= 4 is 47.7 Å². The van der Waals surface area contributed by atoms with Gasteiger partial charge in [0.15, 0.2) is 0 Å². The number of hydrogen-bond acceptors (Lipinski definition) is 6. The lowest BCUT2D eigenvalue weighted by atomic mass is 10.1. The van der Waals surface area contributed by atoms with E-state index in [-0.39, 0.29) is 23.9 Å². The molecule has 1 fully saturated rings. The minimum absolute atomic E-state index is 0.00802. The van der Waals surface area contributed by atoms with E-state index in [4.69, 9.17) is 15.2 Å². The fourth-order valence-corrected chi connectivity index (χ4v) is 4.26. The molecule has 114 valence electrons. The van der Waals surface area contributed by atoms with E-state index in [1.54, 1.807) is 9.12 Å². The van der Waals surface area contributed by atoms with Gasteiger partial charge in [0, 0.05) is 41.9 Å². The highest BCUT2D eigenvalue weighted by molar-refractivity contribution is 14.2. The minimum atomic E-state index is -0.0946. The van der Waals surface area contributed by atoms with Crippen LogP contribution in [0.15, 0.2) is 18.2 Å². The van der Waals surface area contributed by atoms with Gasteiger partial charge in [0.1, 0.15) is 11.9 Å². The molecular weight excluding hydrogens is 403 g/mol. The first-order chi connectivity index (χ1) is 10.1. The van der Waals surface area contributed by atoms with Crippen LogP contribution < -0.4 is 14.8 Å². The Morgan fingerprint density at radius 3 is 3.14 bits per heavy atom. The molecule has 0 amide bonds. The Kier molecular flexibility index (Phi) is 4.39. The highest BCUT2D eigenvalue weighted by atomic mass is 127. The quantitative estimate of drug-likeness (QED) is 0.350. The maximum Gasteiger partial charge on any atom is 0.309 e. The Morgan fingerprint density at radius 1 is 1.62 bits per heavy atom. The normalized spacial score (nSPS) is 26.8. The van der Waals surface area contributed by atoms with E-state index >= 15 is 0 Å². The zero-order valence-corrected chi connectivity index (χ0v) is 14.6. The van der Waals surface area contributed by atoms with Crippen molar-refractivity contribution in [1.29, 1.82) is 0 Å². The van der Waals surface area contributed by atoms with E-state index < -0.39 is 0 Å². The van der Waals surface area contributed by atoms with E-state index in [9.17, 15) is 4.79 Å².